The van der Waals surface area contributed by atoms with Crippen molar-refractivity contribution < 1.29 is 13.6 Å². The first kappa shape index (κ1) is 12.4. The molecule has 1 unspecified atom stereocenters. The summed E-state index contributed by atoms with van der Waals surface area (Å²) in [6, 6.07) is 2.20. The Morgan fingerprint density at radius 3 is 2.71 bits per heavy atom. The van der Waals surface area contributed by atoms with Gasteiger partial charge in [-0.3, -0.25) is 4.79 Å². The fourth-order valence-corrected chi connectivity index (χ4v) is 2.22. The third-order valence-electron chi connectivity index (χ3n) is 2.98. The first-order chi connectivity index (χ1) is 8.02. The zero-order valence-corrected chi connectivity index (χ0v) is 10.3. The van der Waals surface area contributed by atoms with Gasteiger partial charge in [-0.1, -0.05) is 0 Å². The second-order valence-corrected chi connectivity index (χ2v) is 4.68. The smallest absolute Gasteiger partial charge is 0.227 e. The van der Waals surface area contributed by atoms with Crippen molar-refractivity contribution in [3.8, 4) is 0 Å². The molecule has 1 aromatic rings. The van der Waals surface area contributed by atoms with E-state index in [1.807, 2.05) is 0 Å². The van der Waals surface area contributed by atoms with Gasteiger partial charge in [0.2, 0.25) is 5.91 Å². The van der Waals surface area contributed by atoms with E-state index in [-0.39, 0.29) is 23.1 Å². The number of rotatable bonds is 2. The molecule has 2 nitrogen and oxygen atoms in total. The summed E-state index contributed by atoms with van der Waals surface area (Å²) in [4.78, 5) is 13.0. The second kappa shape index (κ2) is 4.64. The minimum Gasteiger partial charge on any atom is -0.309 e. The van der Waals surface area contributed by atoms with E-state index in [4.69, 9.17) is 0 Å². The number of halogens is 2. The molecule has 1 aliphatic heterocycles. The lowest BCUT2D eigenvalue weighted by Gasteiger charge is -2.17. The maximum Gasteiger partial charge on any atom is 0.227 e. The van der Waals surface area contributed by atoms with Crippen LogP contribution in [0.5, 0.6) is 0 Å². The Morgan fingerprint density at radius 1 is 1.41 bits per heavy atom. The molecule has 1 heterocycles. The summed E-state index contributed by atoms with van der Waals surface area (Å²) < 4.78 is 27.1. The van der Waals surface area contributed by atoms with Gasteiger partial charge in [-0.25, -0.2) is 8.78 Å². The molecular formula is C12H13F2NOS. The normalized spacial score (nSPS) is 20.1. The maximum atomic E-state index is 13.7. The van der Waals surface area contributed by atoms with Crippen LogP contribution in [0.1, 0.15) is 12.0 Å². The predicted molar refractivity (Wildman–Crippen MR) is 65.4 cm³/mol. The molecule has 0 N–H and O–H groups in total. The van der Waals surface area contributed by atoms with Gasteiger partial charge in [0.05, 0.1) is 5.69 Å². The third-order valence-corrected chi connectivity index (χ3v) is 3.50. The highest BCUT2D eigenvalue weighted by molar-refractivity contribution is 7.80. The van der Waals surface area contributed by atoms with Crippen LogP contribution in [0.15, 0.2) is 12.1 Å². The largest absolute Gasteiger partial charge is 0.309 e. The predicted octanol–water partition coefficient (Wildman–Crippen LogP) is 2.56. The zero-order valence-electron chi connectivity index (χ0n) is 9.41. The Morgan fingerprint density at radius 2 is 2.12 bits per heavy atom. The van der Waals surface area contributed by atoms with Gasteiger partial charge < -0.3 is 4.90 Å². The van der Waals surface area contributed by atoms with E-state index in [1.54, 1.807) is 0 Å². The van der Waals surface area contributed by atoms with Gasteiger partial charge in [0.1, 0.15) is 11.6 Å². The van der Waals surface area contributed by atoms with Crippen molar-refractivity contribution in [2.24, 2.45) is 5.92 Å². The van der Waals surface area contributed by atoms with Crippen LogP contribution in [0.2, 0.25) is 0 Å². The fraction of sp³-hybridized carbons (Fsp3) is 0.417. The van der Waals surface area contributed by atoms with Crippen LogP contribution in [0.25, 0.3) is 0 Å². The minimum atomic E-state index is -0.558. The maximum absolute atomic E-state index is 13.7. The van der Waals surface area contributed by atoms with Gasteiger partial charge in [-0.15, -0.1) is 0 Å². The molecule has 1 aliphatic rings. The summed E-state index contributed by atoms with van der Waals surface area (Å²) >= 11 is 4.13. The van der Waals surface area contributed by atoms with Crippen LogP contribution in [0.4, 0.5) is 14.5 Å². The van der Waals surface area contributed by atoms with Crippen molar-refractivity contribution in [3.05, 3.63) is 29.3 Å². The van der Waals surface area contributed by atoms with E-state index in [2.05, 4.69) is 12.6 Å². The summed E-state index contributed by atoms with van der Waals surface area (Å²) in [6.07, 6.45) is 0.346. The molecule has 1 amide bonds. The quantitative estimate of drug-likeness (QED) is 0.807. The van der Waals surface area contributed by atoms with E-state index in [0.29, 0.717) is 18.7 Å². The van der Waals surface area contributed by atoms with E-state index < -0.39 is 11.6 Å². The molecule has 2 rings (SSSR count). The van der Waals surface area contributed by atoms with Crippen LogP contribution < -0.4 is 4.90 Å². The molecule has 0 spiro atoms. The van der Waals surface area contributed by atoms with E-state index in [1.165, 1.54) is 11.8 Å². The van der Waals surface area contributed by atoms with E-state index >= 15 is 0 Å². The van der Waals surface area contributed by atoms with Crippen molar-refractivity contribution in [1.29, 1.82) is 0 Å². The summed E-state index contributed by atoms with van der Waals surface area (Å²) in [5.41, 5.74) is 0.269. The summed E-state index contributed by atoms with van der Waals surface area (Å²) in [5, 5.41) is 0. The monoisotopic (exact) mass is 257 g/mol. The number of amides is 1. The summed E-state index contributed by atoms with van der Waals surface area (Å²) in [5.74, 6) is -0.556. The van der Waals surface area contributed by atoms with Crippen molar-refractivity contribution in [2.45, 2.75) is 13.3 Å². The molecule has 0 radical (unpaired) electrons. The lowest BCUT2D eigenvalue weighted by atomic mass is 10.1. The number of thiol groups is 1. The third kappa shape index (κ3) is 2.29. The van der Waals surface area contributed by atoms with Gasteiger partial charge in [0, 0.05) is 19.0 Å². The molecule has 1 atom stereocenters. The molecule has 0 aromatic heterocycles. The highest BCUT2D eigenvalue weighted by atomic mass is 32.1. The molecule has 0 saturated carbocycles. The molecular weight excluding hydrogens is 244 g/mol. The first-order valence-corrected chi connectivity index (χ1v) is 6.03. The Labute approximate surface area is 104 Å². The average Bonchev–Trinajstić information content (AvgIpc) is 2.65. The number of hydrogen-bond donors (Lipinski definition) is 1. The van der Waals surface area contributed by atoms with Crippen LogP contribution in [-0.4, -0.2) is 18.2 Å². The molecule has 1 fully saturated rings. The Balaban J connectivity index is 2.35. The van der Waals surface area contributed by atoms with Gasteiger partial charge in [-0.05, 0) is 30.2 Å². The van der Waals surface area contributed by atoms with Crippen molar-refractivity contribution in [1.82, 2.24) is 0 Å². The second-order valence-electron chi connectivity index (χ2n) is 4.31. The number of hydrogen-bond acceptors (Lipinski definition) is 2. The topological polar surface area (TPSA) is 20.3 Å². The van der Waals surface area contributed by atoms with Gasteiger partial charge in [0.15, 0.2) is 0 Å². The number of nitrogens with zero attached hydrogens (tertiary/aromatic N) is 1. The molecule has 92 valence electrons. The Kier molecular flexibility index (Phi) is 3.38. The van der Waals surface area contributed by atoms with Gasteiger partial charge >= 0.3 is 0 Å². The van der Waals surface area contributed by atoms with E-state index in [0.717, 1.165) is 12.1 Å². The highest BCUT2D eigenvalue weighted by Gasteiger charge is 2.31. The molecule has 0 aliphatic carbocycles. The number of carbonyl (C=O) groups excluding carboxylic acids is 1. The molecule has 1 aromatic carbocycles. The number of aryl methyl sites for hydroxylation is 1. The minimum absolute atomic E-state index is 0.0300. The standard InChI is InChI=1S/C12H13F2NOS/c1-7-2-10(14)11(4-9(7)13)15-5-8(6-17)3-12(15)16/h2,4,8,17H,3,5-6H2,1H3. The number of carbonyl (C=O) groups is 1. The summed E-state index contributed by atoms with van der Waals surface area (Å²) in [6.45, 7) is 1.90. The van der Waals surface area contributed by atoms with Crippen LogP contribution in [0.3, 0.4) is 0 Å². The Hall–Kier alpha value is -1.10. The van der Waals surface area contributed by atoms with Crippen molar-refractivity contribution in [3.63, 3.8) is 0 Å². The van der Waals surface area contributed by atoms with Gasteiger partial charge in [-0.2, -0.15) is 12.6 Å². The zero-order chi connectivity index (χ0) is 12.6. The SMILES string of the molecule is Cc1cc(F)c(N2CC(CS)CC2=O)cc1F. The molecule has 17 heavy (non-hydrogen) atoms. The first-order valence-electron chi connectivity index (χ1n) is 5.39. The average molecular weight is 257 g/mol. The van der Waals surface area contributed by atoms with Crippen LogP contribution in [0, 0.1) is 24.5 Å². The Bertz CT molecular complexity index is 464. The van der Waals surface area contributed by atoms with Crippen LogP contribution >= 0.6 is 12.6 Å². The van der Waals surface area contributed by atoms with Gasteiger partial charge in [0.25, 0.3) is 0 Å². The van der Waals surface area contributed by atoms with Crippen molar-refractivity contribution in [2.75, 3.05) is 17.2 Å². The lowest BCUT2D eigenvalue weighted by Crippen LogP contribution is -2.26. The fourth-order valence-electron chi connectivity index (χ4n) is 1.98. The van der Waals surface area contributed by atoms with Crippen LogP contribution in [-0.2, 0) is 4.79 Å². The summed E-state index contributed by atoms with van der Waals surface area (Å²) in [7, 11) is 0. The van der Waals surface area contributed by atoms with Crippen molar-refractivity contribution >= 4 is 24.2 Å². The molecule has 1 saturated heterocycles. The molecule has 5 heteroatoms. The number of anilines is 1. The molecule has 0 bridgehead atoms. The highest BCUT2D eigenvalue weighted by Crippen LogP contribution is 2.29. The van der Waals surface area contributed by atoms with E-state index in [9.17, 15) is 13.6 Å². The number of benzene rings is 1. The lowest BCUT2D eigenvalue weighted by molar-refractivity contribution is -0.117.